The summed E-state index contributed by atoms with van der Waals surface area (Å²) in [6, 6.07) is 4.61. The standard InChI is InChI=1S/C15H19FN2O2/c1-9-11-7-17-6-10(11)8-18(9)15(19)14-12(16)4-3-5-13(14)20-2/h3-5,9-11,17H,6-8H2,1-2H3. The number of hydrogen-bond donors (Lipinski definition) is 1. The van der Waals surface area contributed by atoms with Gasteiger partial charge < -0.3 is 15.0 Å². The van der Waals surface area contributed by atoms with Gasteiger partial charge in [-0.05, 0) is 30.9 Å². The van der Waals surface area contributed by atoms with E-state index in [1.807, 2.05) is 6.92 Å². The highest BCUT2D eigenvalue weighted by atomic mass is 19.1. The molecule has 0 radical (unpaired) electrons. The van der Waals surface area contributed by atoms with Crippen LogP contribution in [0.4, 0.5) is 4.39 Å². The molecule has 2 fully saturated rings. The predicted octanol–water partition coefficient (Wildman–Crippen LogP) is 1.51. The Labute approximate surface area is 117 Å². The van der Waals surface area contributed by atoms with Crippen molar-refractivity contribution < 1.29 is 13.9 Å². The highest BCUT2D eigenvalue weighted by Crippen LogP contribution is 2.34. The molecule has 1 N–H and O–H groups in total. The monoisotopic (exact) mass is 278 g/mol. The molecule has 2 heterocycles. The Morgan fingerprint density at radius 3 is 2.95 bits per heavy atom. The zero-order valence-corrected chi connectivity index (χ0v) is 11.7. The number of halogens is 1. The van der Waals surface area contributed by atoms with Gasteiger partial charge in [0.1, 0.15) is 17.1 Å². The average molecular weight is 278 g/mol. The van der Waals surface area contributed by atoms with E-state index >= 15 is 0 Å². The lowest BCUT2D eigenvalue weighted by Crippen LogP contribution is -2.38. The van der Waals surface area contributed by atoms with Crippen LogP contribution in [0.5, 0.6) is 5.75 Å². The van der Waals surface area contributed by atoms with Gasteiger partial charge in [-0.1, -0.05) is 6.07 Å². The van der Waals surface area contributed by atoms with Crippen molar-refractivity contribution in [3.05, 3.63) is 29.6 Å². The fourth-order valence-corrected chi connectivity index (χ4v) is 3.46. The van der Waals surface area contributed by atoms with E-state index in [4.69, 9.17) is 4.74 Å². The molecular formula is C15H19FN2O2. The zero-order chi connectivity index (χ0) is 14.3. The first-order chi connectivity index (χ1) is 9.63. The fraction of sp³-hybridized carbons (Fsp3) is 0.533. The van der Waals surface area contributed by atoms with Crippen LogP contribution in [-0.4, -0.2) is 43.6 Å². The van der Waals surface area contributed by atoms with Crippen LogP contribution in [0.2, 0.25) is 0 Å². The minimum absolute atomic E-state index is 0.0507. The number of nitrogens with one attached hydrogen (secondary N) is 1. The molecule has 0 saturated carbocycles. The molecule has 5 heteroatoms. The van der Waals surface area contributed by atoms with Crippen LogP contribution in [0, 0.1) is 17.7 Å². The summed E-state index contributed by atoms with van der Waals surface area (Å²) in [7, 11) is 1.46. The predicted molar refractivity (Wildman–Crippen MR) is 73.3 cm³/mol. The molecule has 3 rings (SSSR count). The van der Waals surface area contributed by atoms with E-state index < -0.39 is 5.82 Å². The van der Waals surface area contributed by atoms with Crippen molar-refractivity contribution in [2.45, 2.75) is 13.0 Å². The second-order valence-electron chi connectivity index (χ2n) is 5.60. The molecule has 1 aromatic rings. The van der Waals surface area contributed by atoms with Crippen molar-refractivity contribution in [3.63, 3.8) is 0 Å². The van der Waals surface area contributed by atoms with E-state index in [1.165, 1.54) is 13.2 Å². The summed E-state index contributed by atoms with van der Waals surface area (Å²) in [6.07, 6.45) is 0. The van der Waals surface area contributed by atoms with Gasteiger partial charge in [-0.2, -0.15) is 0 Å². The number of hydrogen-bond acceptors (Lipinski definition) is 3. The van der Waals surface area contributed by atoms with Gasteiger partial charge in [0, 0.05) is 25.7 Å². The molecule has 3 unspecified atom stereocenters. The molecule has 108 valence electrons. The number of likely N-dealkylation sites (tertiary alicyclic amines) is 1. The zero-order valence-electron chi connectivity index (χ0n) is 11.7. The van der Waals surface area contributed by atoms with Crippen molar-refractivity contribution in [1.29, 1.82) is 0 Å². The van der Waals surface area contributed by atoms with Crippen molar-refractivity contribution >= 4 is 5.91 Å². The van der Waals surface area contributed by atoms with Gasteiger partial charge in [-0.3, -0.25) is 4.79 Å². The first-order valence-corrected chi connectivity index (χ1v) is 6.97. The number of rotatable bonds is 2. The Hall–Kier alpha value is -1.62. The number of fused-ring (bicyclic) bond motifs is 1. The van der Waals surface area contributed by atoms with E-state index in [2.05, 4.69) is 5.32 Å². The third kappa shape index (κ3) is 1.97. The third-order valence-electron chi connectivity index (χ3n) is 4.60. The van der Waals surface area contributed by atoms with Crippen LogP contribution in [0.25, 0.3) is 0 Å². The van der Waals surface area contributed by atoms with E-state index in [9.17, 15) is 9.18 Å². The first-order valence-electron chi connectivity index (χ1n) is 6.97. The Morgan fingerprint density at radius 2 is 2.25 bits per heavy atom. The maximum Gasteiger partial charge on any atom is 0.260 e. The van der Waals surface area contributed by atoms with Gasteiger partial charge in [0.2, 0.25) is 0 Å². The lowest BCUT2D eigenvalue weighted by Gasteiger charge is -2.25. The van der Waals surface area contributed by atoms with Gasteiger partial charge in [-0.25, -0.2) is 4.39 Å². The van der Waals surface area contributed by atoms with Crippen LogP contribution >= 0.6 is 0 Å². The second kappa shape index (κ2) is 5.05. The fourth-order valence-electron chi connectivity index (χ4n) is 3.46. The number of amides is 1. The molecule has 3 atom stereocenters. The van der Waals surface area contributed by atoms with Crippen molar-refractivity contribution in [2.24, 2.45) is 11.8 Å². The van der Waals surface area contributed by atoms with Crippen LogP contribution < -0.4 is 10.1 Å². The number of nitrogens with zero attached hydrogens (tertiary/aromatic N) is 1. The molecule has 4 nitrogen and oxygen atoms in total. The normalized spacial score (nSPS) is 28.6. The molecule has 2 saturated heterocycles. The maximum atomic E-state index is 14.0. The molecule has 1 amide bonds. The topological polar surface area (TPSA) is 41.6 Å². The molecule has 2 aliphatic rings. The highest BCUT2D eigenvalue weighted by Gasteiger charge is 2.44. The van der Waals surface area contributed by atoms with Gasteiger partial charge in [-0.15, -0.1) is 0 Å². The number of carbonyl (C=O) groups excluding carboxylic acids is 1. The lowest BCUT2D eigenvalue weighted by molar-refractivity contribution is 0.0720. The van der Waals surface area contributed by atoms with Crippen molar-refractivity contribution in [3.8, 4) is 5.75 Å². The number of benzene rings is 1. The molecule has 0 aromatic heterocycles. The number of methoxy groups -OCH3 is 1. The SMILES string of the molecule is COc1cccc(F)c1C(=O)N1CC2CNCC2C1C. The molecular weight excluding hydrogens is 259 g/mol. The number of carbonyl (C=O) groups is 1. The number of ether oxygens (including phenoxy) is 1. The van der Waals surface area contributed by atoms with Gasteiger partial charge in [0.05, 0.1) is 7.11 Å². The molecule has 0 bridgehead atoms. The summed E-state index contributed by atoms with van der Waals surface area (Å²) < 4.78 is 19.2. The highest BCUT2D eigenvalue weighted by molar-refractivity contribution is 5.97. The maximum absolute atomic E-state index is 14.0. The van der Waals surface area contributed by atoms with E-state index in [-0.39, 0.29) is 17.5 Å². The minimum atomic E-state index is -0.517. The molecule has 2 aliphatic heterocycles. The Balaban J connectivity index is 1.90. The van der Waals surface area contributed by atoms with Crippen LogP contribution in [-0.2, 0) is 0 Å². The average Bonchev–Trinajstić information content (AvgIpc) is 3.01. The second-order valence-corrected chi connectivity index (χ2v) is 5.60. The quantitative estimate of drug-likeness (QED) is 0.891. The van der Waals surface area contributed by atoms with Crippen LogP contribution in [0.1, 0.15) is 17.3 Å². The minimum Gasteiger partial charge on any atom is -0.496 e. The molecule has 20 heavy (non-hydrogen) atoms. The van der Waals surface area contributed by atoms with E-state index in [0.717, 1.165) is 13.1 Å². The van der Waals surface area contributed by atoms with Crippen molar-refractivity contribution in [2.75, 3.05) is 26.7 Å². The molecule has 0 spiro atoms. The summed E-state index contributed by atoms with van der Waals surface area (Å²) in [5.74, 6) is 0.472. The van der Waals surface area contributed by atoms with Crippen LogP contribution in [0.15, 0.2) is 18.2 Å². The Kier molecular flexibility index (Phi) is 3.38. The molecule has 0 aliphatic carbocycles. The summed E-state index contributed by atoms with van der Waals surface area (Å²) in [4.78, 5) is 14.5. The largest absolute Gasteiger partial charge is 0.496 e. The first kappa shape index (κ1) is 13.4. The summed E-state index contributed by atoms with van der Waals surface area (Å²) in [6.45, 7) is 4.61. The summed E-state index contributed by atoms with van der Waals surface area (Å²) >= 11 is 0. The molecule has 1 aromatic carbocycles. The Morgan fingerprint density at radius 1 is 1.45 bits per heavy atom. The van der Waals surface area contributed by atoms with Gasteiger partial charge >= 0.3 is 0 Å². The van der Waals surface area contributed by atoms with Gasteiger partial charge in [0.25, 0.3) is 5.91 Å². The smallest absolute Gasteiger partial charge is 0.260 e. The van der Waals surface area contributed by atoms with Crippen molar-refractivity contribution in [1.82, 2.24) is 10.2 Å². The van der Waals surface area contributed by atoms with E-state index in [0.29, 0.717) is 24.1 Å². The van der Waals surface area contributed by atoms with Gasteiger partial charge in [0.15, 0.2) is 0 Å². The summed E-state index contributed by atoms with van der Waals surface area (Å²) in [5, 5.41) is 3.35. The summed E-state index contributed by atoms with van der Waals surface area (Å²) in [5.41, 5.74) is 0.0507. The van der Waals surface area contributed by atoms with E-state index in [1.54, 1.807) is 17.0 Å². The lowest BCUT2D eigenvalue weighted by atomic mass is 9.95. The van der Waals surface area contributed by atoms with Crippen LogP contribution in [0.3, 0.4) is 0 Å². The third-order valence-corrected chi connectivity index (χ3v) is 4.60. The Bertz CT molecular complexity index is 535.